The molecular formula is C35H52ClFN6O3. The maximum Gasteiger partial charge on any atom is 0.158 e. The molecule has 2 heterocycles. The number of hydrogen-bond donors (Lipinski definition) is 3. The number of hydrogen-bond acceptors (Lipinski definition) is 9. The number of aldehydes is 1. The first-order valence-electron chi connectivity index (χ1n) is 15.7. The van der Waals surface area contributed by atoms with Crippen LogP contribution in [0.5, 0.6) is 5.75 Å². The van der Waals surface area contributed by atoms with Crippen molar-refractivity contribution in [2.24, 2.45) is 5.92 Å². The predicted octanol–water partition coefficient (Wildman–Crippen LogP) is 7.09. The number of nitrogen functional groups attached to an aromatic ring is 1. The summed E-state index contributed by atoms with van der Waals surface area (Å²) in [7, 11) is 3.68. The minimum absolute atomic E-state index is 0.195. The number of likely N-dealkylation sites (N-methyl/N-ethyl adjacent to an activating group) is 1. The first-order chi connectivity index (χ1) is 22.3. The molecule has 0 radical (unpaired) electrons. The van der Waals surface area contributed by atoms with Gasteiger partial charge in [0.15, 0.2) is 5.82 Å². The second-order valence-electron chi connectivity index (χ2n) is 10.6. The summed E-state index contributed by atoms with van der Waals surface area (Å²) >= 11 is 6.30. The van der Waals surface area contributed by atoms with Crippen LogP contribution in [0.4, 0.5) is 21.6 Å². The van der Waals surface area contributed by atoms with Crippen LogP contribution >= 0.6 is 11.6 Å². The van der Waals surface area contributed by atoms with Crippen molar-refractivity contribution in [2.45, 2.75) is 52.6 Å². The summed E-state index contributed by atoms with van der Waals surface area (Å²) in [6.45, 7) is 15.9. The number of ether oxygens (including phenoxy) is 2. The molecule has 0 amide bonds. The first-order valence-corrected chi connectivity index (χ1v) is 16.0. The Morgan fingerprint density at radius 1 is 1.20 bits per heavy atom. The van der Waals surface area contributed by atoms with Crippen molar-refractivity contribution in [3.63, 3.8) is 0 Å². The fourth-order valence-electron chi connectivity index (χ4n) is 4.41. The van der Waals surface area contributed by atoms with Crippen molar-refractivity contribution in [3.05, 3.63) is 83.8 Å². The summed E-state index contributed by atoms with van der Waals surface area (Å²) in [4.78, 5) is 12.6. The van der Waals surface area contributed by atoms with Crippen molar-refractivity contribution in [1.82, 2.24) is 20.4 Å². The van der Waals surface area contributed by atoms with Gasteiger partial charge in [-0.05, 0) is 88.1 Å². The number of anilines is 3. The van der Waals surface area contributed by atoms with Gasteiger partial charge in [0.2, 0.25) is 0 Å². The molecule has 1 aliphatic rings. The molecule has 11 heteroatoms. The smallest absolute Gasteiger partial charge is 0.158 e. The number of carbonyl (C=O) groups excluding carboxylic acids is 1. The molecule has 0 spiro atoms. The van der Waals surface area contributed by atoms with Crippen LogP contribution in [0.1, 0.15) is 50.7 Å². The van der Waals surface area contributed by atoms with E-state index in [9.17, 15) is 9.18 Å². The lowest BCUT2D eigenvalue weighted by atomic mass is 10.1. The third-order valence-corrected chi connectivity index (χ3v) is 7.23. The highest BCUT2D eigenvalue weighted by Gasteiger charge is 2.10. The number of carbonyl (C=O) groups is 1. The quantitative estimate of drug-likeness (QED) is 0.0949. The molecule has 1 unspecified atom stereocenters. The van der Waals surface area contributed by atoms with E-state index in [0.717, 1.165) is 55.5 Å². The Labute approximate surface area is 279 Å². The normalized spacial score (nSPS) is 12.7. The Bertz CT molecular complexity index is 1260. The molecule has 46 heavy (non-hydrogen) atoms. The largest absolute Gasteiger partial charge is 0.487 e. The van der Waals surface area contributed by atoms with Gasteiger partial charge >= 0.3 is 0 Å². The molecular weight excluding hydrogens is 607 g/mol. The van der Waals surface area contributed by atoms with E-state index in [1.54, 1.807) is 31.4 Å². The topological polar surface area (TPSA) is 115 Å². The number of nitrogens with two attached hydrogens (primary N) is 1. The lowest BCUT2D eigenvalue weighted by molar-refractivity contribution is -0.110. The summed E-state index contributed by atoms with van der Waals surface area (Å²) < 4.78 is 23.7. The van der Waals surface area contributed by atoms with Gasteiger partial charge in [-0.2, -0.15) is 5.10 Å². The third kappa shape index (κ3) is 16.1. The maximum atomic E-state index is 13.2. The van der Waals surface area contributed by atoms with Crippen molar-refractivity contribution >= 4 is 35.1 Å². The minimum atomic E-state index is -0.299. The van der Waals surface area contributed by atoms with Gasteiger partial charge in [-0.1, -0.05) is 37.6 Å². The van der Waals surface area contributed by atoms with E-state index in [-0.39, 0.29) is 18.3 Å². The molecule has 1 saturated heterocycles. The number of benzene rings is 2. The molecule has 254 valence electrons. The predicted molar refractivity (Wildman–Crippen MR) is 188 cm³/mol. The second kappa shape index (κ2) is 24.6. The van der Waals surface area contributed by atoms with Crippen molar-refractivity contribution in [1.29, 1.82) is 0 Å². The van der Waals surface area contributed by atoms with Gasteiger partial charge in [-0.3, -0.25) is 0 Å². The van der Waals surface area contributed by atoms with Gasteiger partial charge < -0.3 is 35.5 Å². The zero-order chi connectivity index (χ0) is 34.2. The second-order valence-corrected chi connectivity index (χ2v) is 11.0. The number of halogens is 2. The van der Waals surface area contributed by atoms with E-state index < -0.39 is 0 Å². The first kappa shape index (κ1) is 40.5. The molecule has 1 fully saturated rings. The molecule has 1 aromatic heterocycles. The molecule has 0 saturated carbocycles. The van der Waals surface area contributed by atoms with Gasteiger partial charge in [0.1, 0.15) is 24.5 Å². The lowest BCUT2D eigenvalue weighted by Crippen LogP contribution is -2.27. The molecule has 3 aromatic rings. The number of nitrogens with zero attached hydrogens (tertiary/aromatic N) is 3. The SMILES string of the molecule is C=C.CCc1c(N)cnnc1Nc1ccc(OCc2cccc(F)c2)c(Cl)c1.CNCCN1CCCC1.COCCCC(C)C=O. The molecule has 0 bridgehead atoms. The lowest BCUT2D eigenvalue weighted by Gasteiger charge is -2.13. The number of aromatic nitrogens is 2. The van der Waals surface area contributed by atoms with E-state index in [1.807, 2.05) is 27.0 Å². The number of methoxy groups -OCH3 is 1. The van der Waals surface area contributed by atoms with E-state index in [2.05, 4.69) is 38.9 Å². The summed E-state index contributed by atoms with van der Waals surface area (Å²) in [5, 5.41) is 14.7. The fourth-order valence-corrected chi connectivity index (χ4v) is 4.64. The standard InChI is InChI=1S/C19H18ClFN4O.C7H16N2.C7H14O2.C2H4/c1-2-15-17(22)10-23-25-19(15)24-14-6-7-18(16(20)9-14)26-11-12-4-3-5-13(21)8-12;1-8-4-7-9-5-2-3-6-9;1-7(6-8)4-3-5-9-2;1-2/h3-10H,2,11H2,1H3,(H3,22,24,25);8H,2-7H2,1H3;6-7H,3-5H2,1-2H3;1-2H2. The molecule has 1 aliphatic heterocycles. The Hall–Kier alpha value is -3.57. The van der Waals surface area contributed by atoms with E-state index in [1.165, 1.54) is 50.8 Å². The molecule has 9 nitrogen and oxygen atoms in total. The number of rotatable bonds is 14. The van der Waals surface area contributed by atoms with Crippen molar-refractivity contribution in [2.75, 3.05) is 58.0 Å². The Morgan fingerprint density at radius 2 is 1.93 bits per heavy atom. The van der Waals surface area contributed by atoms with Crippen LogP contribution < -0.4 is 21.1 Å². The van der Waals surface area contributed by atoms with Crippen LogP contribution in [0.25, 0.3) is 0 Å². The van der Waals surface area contributed by atoms with Gasteiger partial charge in [0.25, 0.3) is 0 Å². The highest BCUT2D eigenvalue weighted by Crippen LogP contribution is 2.31. The van der Waals surface area contributed by atoms with Gasteiger partial charge in [0.05, 0.1) is 16.9 Å². The van der Waals surface area contributed by atoms with Crippen LogP contribution in [0.3, 0.4) is 0 Å². The van der Waals surface area contributed by atoms with Gasteiger partial charge in [-0.25, -0.2) is 4.39 Å². The van der Waals surface area contributed by atoms with Crippen LogP contribution in [0.2, 0.25) is 5.02 Å². The van der Waals surface area contributed by atoms with Crippen molar-refractivity contribution in [3.8, 4) is 5.75 Å². The Balaban J connectivity index is 0.000000433. The third-order valence-electron chi connectivity index (χ3n) is 6.94. The van der Waals surface area contributed by atoms with E-state index >= 15 is 0 Å². The molecule has 4 N–H and O–H groups in total. The summed E-state index contributed by atoms with van der Waals surface area (Å²) in [5.41, 5.74) is 8.88. The number of likely N-dealkylation sites (tertiary alicyclic amines) is 1. The van der Waals surface area contributed by atoms with Crippen LogP contribution in [0.15, 0.2) is 61.8 Å². The van der Waals surface area contributed by atoms with E-state index in [4.69, 9.17) is 26.8 Å². The zero-order valence-electron chi connectivity index (χ0n) is 27.9. The summed E-state index contributed by atoms with van der Waals surface area (Å²) in [6, 6.07) is 11.5. The fraction of sp³-hybridized carbons (Fsp3) is 0.457. The monoisotopic (exact) mass is 658 g/mol. The maximum absolute atomic E-state index is 13.2. The molecule has 2 aromatic carbocycles. The van der Waals surface area contributed by atoms with Crippen LogP contribution in [-0.4, -0.2) is 68.3 Å². The highest BCUT2D eigenvalue weighted by molar-refractivity contribution is 6.32. The average molecular weight is 659 g/mol. The summed E-state index contributed by atoms with van der Waals surface area (Å²) in [5.74, 6) is 1.000. The van der Waals surface area contributed by atoms with Crippen molar-refractivity contribution < 1.29 is 18.7 Å². The highest BCUT2D eigenvalue weighted by atomic mass is 35.5. The Morgan fingerprint density at radius 3 is 2.54 bits per heavy atom. The van der Waals surface area contributed by atoms with E-state index in [0.29, 0.717) is 22.3 Å². The van der Waals surface area contributed by atoms with Gasteiger partial charge in [-0.15, -0.1) is 18.3 Å². The molecule has 4 rings (SSSR count). The van der Waals surface area contributed by atoms with Gasteiger partial charge in [0, 0.05) is 44.0 Å². The van der Waals surface area contributed by atoms with Crippen LogP contribution in [-0.2, 0) is 22.6 Å². The average Bonchev–Trinajstić information content (AvgIpc) is 3.59. The molecule has 1 atom stereocenters. The zero-order valence-corrected chi connectivity index (χ0v) is 28.6. The Kier molecular flexibility index (Phi) is 21.7. The summed E-state index contributed by atoms with van der Waals surface area (Å²) in [6.07, 6.45) is 7.98. The van der Waals surface area contributed by atoms with Crippen LogP contribution in [0, 0.1) is 11.7 Å². The minimum Gasteiger partial charge on any atom is -0.487 e. The number of nitrogens with one attached hydrogen (secondary N) is 2. The molecule has 0 aliphatic carbocycles.